The van der Waals surface area contributed by atoms with Crippen molar-refractivity contribution in [3.05, 3.63) is 23.4 Å². The molecule has 0 bridgehead atoms. The Bertz CT molecular complexity index is 1060. The molecule has 0 saturated carbocycles. The molecule has 2 aromatic rings. The molecule has 0 unspecified atom stereocenters. The largest absolute Gasteiger partial charge is 0.493 e. The summed E-state index contributed by atoms with van der Waals surface area (Å²) in [6, 6.07) is 3.52. The normalized spacial score (nSPS) is 17.2. The van der Waals surface area contributed by atoms with E-state index in [0.29, 0.717) is 65.7 Å². The van der Waals surface area contributed by atoms with Crippen LogP contribution < -0.4 is 35.1 Å². The minimum atomic E-state index is -0.0442. The van der Waals surface area contributed by atoms with Gasteiger partial charge in [-0.05, 0) is 30.4 Å². The van der Waals surface area contributed by atoms with Crippen molar-refractivity contribution in [3.8, 4) is 17.2 Å². The zero-order valence-corrected chi connectivity index (χ0v) is 21.9. The standard InChI is InChI=1S/C24H33ClN6O5/c1-26-19(32)9-14-8-15(10-20(33)27-2)13-31(12-14)23-16(25)11-28-24(30-23)29-17-6-7-18(34-3)22(36-5)21(17)35-4/h6-7,11,14-15H,8-10,12-13H2,1-5H3,(H,26,32)(H,27,33)(H,28,29,30)/t14-,15+. The fraction of sp³-hybridized carbons (Fsp3) is 0.500. The lowest BCUT2D eigenvalue weighted by atomic mass is 9.85. The van der Waals surface area contributed by atoms with E-state index in [9.17, 15) is 9.59 Å². The Morgan fingerprint density at radius 2 is 1.61 bits per heavy atom. The van der Waals surface area contributed by atoms with Crippen LogP contribution in [0.2, 0.25) is 5.02 Å². The molecule has 2 atom stereocenters. The molecular formula is C24H33ClN6O5. The summed E-state index contributed by atoms with van der Waals surface area (Å²) in [5.74, 6) is 2.22. The minimum absolute atomic E-state index is 0.0433. The van der Waals surface area contributed by atoms with Crippen LogP contribution in [-0.4, -0.2) is 70.3 Å². The number of aromatic nitrogens is 2. The molecule has 12 heteroatoms. The van der Waals surface area contributed by atoms with Gasteiger partial charge in [0.1, 0.15) is 5.02 Å². The number of carbonyl (C=O) groups is 2. The van der Waals surface area contributed by atoms with E-state index < -0.39 is 0 Å². The molecule has 1 aliphatic rings. The van der Waals surface area contributed by atoms with Crippen LogP contribution >= 0.6 is 11.6 Å². The number of hydrogen-bond donors (Lipinski definition) is 3. The van der Waals surface area contributed by atoms with Gasteiger partial charge in [-0.25, -0.2) is 4.98 Å². The van der Waals surface area contributed by atoms with E-state index in [2.05, 4.69) is 25.9 Å². The quantitative estimate of drug-likeness (QED) is 0.433. The van der Waals surface area contributed by atoms with E-state index in [1.54, 1.807) is 33.3 Å². The summed E-state index contributed by atoms with van der Waals surface area (Å²) >= 11 is 6.53. The predicted octanol–water partition coefficient (Wildman–Crippen LogP) is 2.61. The first-order valence-corrected chi connectivity index (χ1v) is 12.0. The number of piperidine rings is 1. The summed E-state index contributed by atoms with van der Waals surface area (Å²) in [7, 11) is 7.84. The van der Waals surface area contributed by atoms with Crippen LogP contribution in [-0.2, 0) is 9.59 Å². The number of nitrogens with one attached hydrogen (secondary N) is 3. The summed E-state index contributed by atoms with van der Waals surface area (Å²) in [6.07, 6.45) is 2.99. The Hall–Kier alpha value is -3.47. The monoisotopic (exact) mass is 520 g/mol. The van der Waals surface area contributed by atoms with Crippen molar-refractivity contribution in [1.29, 1.82) is 0 Å². The molecule has 2 amide bonds. The molecule has 11 nitrogen and oxygen atoms in total. The van der Waals surface area contributed by atoms with Crippen molar-refractivity contribution < 1.29 is 23.8 Å². The molecule has 0 radical (unpaired) electrons. The van der Waals surface area contributed by atoms with Crippen molar-refractivity contribution in [3.63, 3.8) is 0 Å². The smallest absolute Gasteiger partial charge is 0.229 e. The van der Waals surface area contributed by atoms with Crippen LogP contribution in [0.15, 0.2) is 18.3 Å². The SMILES string of the molecule is CNC(=O)C[C@@H]1C[C@H](CC(=O)NC)CN(c2nc(Nc3ccc(OC)c(OC)c3OC)ncc2Cl)C1. The van der Waals surface area contributed by atoms with Gasteiger partial charge in [0.15, 0.2) is 17.3 Å². The Morgan fingerprint density at radius 3 is 2.14 bits per heavy atom. The first-order valence-electron chi connectivity index (χ1n) is 11.6. The number of halogens is 1. The van der Waals surface area contributed by atoms with Crippen molar-refractivity contribution in [2.75, 3.05) is 58.7 Å². The van der Waals surface area contributed by atoms with E-state index >= 15 is 0 Å². The molecule has 2 heterocycles. The maximum atomic E-state index is 12.1. The molecule has 1 aromatic carbocycles. The maximum absolute atomic E-state index is 12.1. The fourth-order valence-electron chi connectivity index (χ4n) is 4.48. The summed E-state index contributed by atoms with van der Waals surface area (Å²) < 4.78 is 16.3. The third kappa shape index (κ3) is 6.39. The third-order valence-electron chi connectivity index (χ3n) is 6.11. The number of ether oxygens (including phenoxy) is 3. The molecule has 3 rings (SSSR count). The van der Waals surface area contributed by atoms with Crippen LogP contribution in [0.4, 0.5) is 17.5 Å². The van der Waals surface area contributed by atoms with Gasteiger partial charge in [0.25, 0.3) is 0 Å². The number of carbonyl (C=O) groups excluding carboxylic acids is 2. The van der Waals surface area contributed by atoms with E-state index in [-0.39, 0.29) is 23.7 Å². The maximum Gasteiger partial charge on any atom is 0.229 e. The predicted molar refractivity (Wildman–Crippen MR) is 138 cm³/mol. The topological polar surface area (TPSA) is 127 Å². The van der Waals surface area contributed by atoms with Gasteiger partial charge < -0.3 is 35.1 Å². The van der Waals surface area contributed by atoms with Crippen LogP contribution in [0.1, 0.15) is 19.3 Å². The number of methoxy groups -OCH3 is 3. The van der Waals surface area contributed by atoms with Gasteiger partial charge in [-0.15, -0.1) is 0 Å². The third-order valence-corrected chi connectivity index (χ3v) is 6.37. The molecule has 1 aliphatic heterocycles. The number of anilines is 3. The van der Waals surface area contributed by atoms with Crippen molar-refractivity contribution >= 4 is 40.9 Å². The number of nitrogens with zero attached hydrogens (tertiary/aromatic N) is 3. The highest BCUT2D eigenvalue weighted by Gasteiger charge is 2.31. The second-order valence-corrected chi connectivity index (χ2v) is 8.91. The Morgan fingerprint density at radius 1 is 1.00 bits per heavy atom. The van der Waals surface area contributed by atoms with E-state index in [4.69, 9.17) is 25.8 Å². The molecule has 3 N–H and O–H groups in total. The molecule has 0 spiro atoms. The zero-order valence-electron chi connectivity index (χ0n) is 21.2. The van der Waals surface area contributed by atoms with Crippen LogP contribution in [0.3, 0.4) is 0 Å². The zero-order chi connectivity index (χ0) is 26.2. The molecule has 196 valence electrons. The van der Waals surface area contributed by atoms with Crippen LogP contribution in [0, 0.1) is 11.8 Å². The van der Waals surface area contributed by atoms with Gasteiger partial charge in [-0.1, -0.05) is 11.6 Å². The first-order chi connectivity index (χ1) is 17.3. The lowest BCUT2D eigenvalue weighted by Crippen LogP contribution is -2.44. The average Bonchev–Trinajstić information content (AvgIpc) is 2.88. The van der Waals surface area contributed by atoms with Crippen LogP contribution in [0.25, 0.3) is 0 Å². The second kappa shape index (κ2) is 12.5. The summed E-state index contributed by atoms with van der Waals surface area (Å²) in [4.78, 5) is 35.2. The van der Waals surface area contributed by atoms with E-state index in [1.165, 1.54) is 20.4 Å². The van der Waals surface area contributed by atoms with Gasteiger partial charge in [0.2, 0.25) is 23.5 Å². The van der Waals surface area contributed by atoms with Crippen molar-refractivity contribution in [2.24, 2.45) is 11.8 Å². The first kappa shape index (κ1) is 27.1. The Balaban J connectivity index is 1.90. The highest BCUT2D eigenvalue weighted by molar-refractivity contribution is 6.32. The second-order valence-electron chi connectivity index (χ2n) is 8.50. The molecule has 36 heavy (non-hydrogen) atoms. The molecule has 1 saturated heterocycles. The molecule has 1 aromatic heterocycles. The Kier molecular flexibility index (Phi) is 9.40. The van der Waals surface area contributed by atoms with Gasteiger partial charge in [-0.3, -0.25) is 9.59 Å². The number of rotatable bonds is 10. The highest BCUT2D eigenvalue weighted by Crippen LogP contribution is 2.43. The number of hydrogen-bond acceptors (Lipinski definition) is 9. The molecule has 1 fully saturated rings. The Labute approximate surface area is 215 Å². The summed E-state index contributed by atoms with van der Waals surface area (Å²) in [6.45, 7) is 1.15. The van der Waals surface area contributed by atoms with Gasteiger partial charge >= 0.3 is 0 Å². The molecular weight excluding hydrogens is 488 g/mol. The lowest BCUT2D eigenvalue weighted by molar-refractivity contribution is -0.121. The number of benzene rings is 1. The lowest BCUT2D eigenvalue weighted by Gasteiger charge is -2.38. The summed E-state index contributed by atoms with van der Waals surface area (Å²) in [5, 5.41) is 8.90. The highest BCUT2D eigenvalue weighted by atomic mass is 35.5. The van der Waals surface area contributed by atoms with Gasteiger partial charge in [-0.2, -0.15) is 4.98 Å². The minimum Gasteiger partial charge on any atom is -0.493 e. The van der Waals surface area contributed by atoms with Crippen molar-refractivity contribution in [2.45, 2.75) is 19.3 Å². The average molecular weight is 521 g/mol. The van der Waals surface area contributed by atoms with Gasteiger partial charge in [0, 0.05) is 40.0 Å². The molecule has 0 aliphatic carbocycles. The van der Waals surface area contributed by atoms with Crippen molar-refractivity contribution in [1.82, 2.24) is 20.6 Å². The van der Waals surface area contributed by atoms with Crippen LogP contribution in [0.5, 0.6) is 17.2 Å². The fourth-order valence-corrected chi connectivity index (χ4v) is 4.69. The van der Waals surface area contributed by atoms with E-state index in [1.807, 2.05) is 4.90 Å². The summed E-state index contributed by atoms with van der Waals surface area (Å²) in [5.41, 5.74) is 0.581. The number of amides is 2. The van der Waals surface area contributed by atoms with E-state index in [0.717, 1.165) is 6.42 Å². The van der Waals surface area contributed by atoms with Gasteiger partial charge in [0.05, 0.1) is 33.2 Å².